The first-order valence-corrected chi connectivity index (χ1v) is 5.58. The van der Waals surface area contributed by atoms with Gasteiger partial charge in [-0.2, -0.15) is 0 Å². The maximum Gasteiger partial charge on any atom is 0.168 e. The quantitative estimate of drug-likeness (QED) is 0.659. The van der Waals surface area contributed by atoms with E-state index in [1.165, 1.54) is 0 Å². The largest absolute Gasteiger partial charge is 0.353 e. The van der Waals surface area contributed by atoms with Gasteiger partial charge in [0.05, 0.1) is 3.70 Å². The number of halogens is 1. The van der Waals surface area contributed by atoms with E-state index in [1.54, 1.807) is 0 Å². The van der Waals surface area contributed by atoms with Crippen LogP contribution < -0.4 is 0 Å². The minimum atomic E-state index is 0.323. The number of aromatic amines is 1. The summed E-state index contributed by atoms with van der Waals surface area (Å²) in [6.07, 6.45) is 2.17. The lowest BCUT2D eigenvalue weighted by molar-refractivity contribution is 0.0966. The molecule has 2 nitrogen and oxygen atoms in total. The molecule has 0 aromatic carbocycles. The fourth-order valence-corrected chi connectivity index (χ4v) is 2.31. The summed E-state index contributed by atoms with van der Waals surface area (Å²) in [7, 11) is 0. The van der Waals surface area contributed by atoms with Crippen LogP contribution in [0.2, 0.25) is 0 Å². The standard InChI is InChI=1S/C10H12INO/c1-5-8(6(2)12-10(5)11)9(13)7-3-4-7/h7,12H,3-4H2,1-2H3. The molecule has 0 radical (unpaired) electrons. The lowest BCUT2D eigenvalue weighted by Crippen LogP contribution is -2.03. The van der Waals surface area contributed by atoms with Gasteiger partial charge in [-0.15, -0.1) is 0 Å². The molecule has 1 fully saturated rings. The van der Waals surface area contributed by atoms with Gasteiger partial charge >= 0.3 is 0 Å². The Kier molecular flexibility index (Phi) is 2.21. The summed E-state index contributed by atoms with van der Waals surface area (Å²) in [5.41, 5.74) is 3.08. The Balaban J connectivity index is 2.42. The van der Waals surface area contributed by atoms with Gasteiger partial charge in [-0.1, -0.05) is 0 Å². The number of hydrogen-bond acceptors (Lipinski definition) is 1. The number of nitrogens with one attached hydrogen (secondary N) is 1. The normalized spacial score (nSPS) is 16.2. The van der Waals surface area contributed by atoms with Gasteiger partial charge in [-0.05, 0) is 54.8 Å². The number of carbonyl (C=O) groups is 1. The third kappa shape index (κ3) is 1.54. The molecule has 0 atom stereocenters. The SMILES string of the molecule is Cc1[nH]c(I)c(C)c1C(=O)C1CC1. The molecule has 0 unspecified atom stereocenters. The van der Waals surface area contributed by atoms with Crippen LogP contribution in [0.5, 0.6) is 0 Å². The summed E-state index contributed by atoms with van der Waals surface area (Å²) >= 11 is 2.24. The Morgan fingerprint density at radius 3 is 2.46 bits per heavy atom. The summed E-state index contributed by atoms with van der Waals surface area (Å²) < 4.78 is 1.10. The molecule has 2 rings (SSSR count). The Morgan fingerprint density at radius 2 is 2.08 bits per heavy atom. The van der Waals surface area contributed by atoms with Crippen molar-refractivity contribution < 1.29 is 4.79 Å². The molecule has 1 aromatic heterocycles. The van der Waals surface area contributed by atoms with E-state index < -0.39 is 0 Å². The van der Waals surface area contributed by atoms with Crippen LogP contribution in [0.4, 0.5) is 0 Å². The number of H-pyrrole nitrogens is 1. The molecule has 0 aliphatic heterocycles. The number of rotatable bonds is 2. The average molecular weight is 289 g/mol. The highest BCUT2D eigenvalue weighted by Gasteiger charge is 2.33. The highest BCUT2D eigenvalue weighted by atomic mass is 127. The predicted molar refractivity (Wildman–Crippen MR) is 60.0 cm³/mol. The molecule has 1 N–H and O–H groups in total. The molecule has 0 saturated heterocycles. The van der Waals surface area contributed by atoms with Gasteiger partial charge in [0.2, 0.25) is 0 Å². The number of carbonyl (C=O) groups excluding carboxylic acids is 1. The zero-order valence-electron chi connectivity index (χ0n) is 7.78. The first-order valence-electron chi connectivity index (χ1n) is 4.50. The molecule has 1 heterocycles. The van der Waals surface area contributed by atoms with Crippen LogP contribution >= 0.6 is 22.6 Å². The van der Waals surface area contributed by atoms with Crippen LogP contribution in [0.1, 0.15) is 34.5 Å². The van der Waals surface area contributed by atoms with Gasteiger partial charge in [0.25, 0.3) is 0 Å². The number of hydrogen-bond donors (Lipinski definition) is 1. The van der Waals surface area contributed by atoms with Crippen molar-refractivity contribution in [1.82, 2.24) is 4.98 Å². The van der Waals surface area contributed by atoms with Gasteiger partial charge in [0, 0.05) is 17.2 Å². The molecule has 70 valence electrons. The highest BCUT2D eigenvalue weighted by Crippen LogP contribution is 2.35. The van der Waals surface area contributed by atoms with Crippen molar-refractivity contribution in [2.75, 3.05) is 0 Å². The Labute approximate surface area is 91.2 Å². The molecule has 0 bridgehead atoms. The second-order valence-corrected chi connectivity index (χ2v) is 4.78. The van der Waals surface area contributed by atoms with Crippen molar-refractivity contribution in [3.8, 4) is 0 Å². The molecular weight excluding hydrogens is 277 g/mol. The molecule has 1 saturated carbocycles. The molecular formula is C10H12INO. The Bertz CT molecular complexity index is 363. The van der Waals surface area contributed by atoms with Crippen LogP contribution in [-0.4, -0.2) is 10.8 Å². The molecule has 0 amide bonds. The fourth-order valence-electron chi connectivity index (χ4n) is 1.63. The van der Waals surface area contributed by atoms with Crippen molar-refractivity contribution in [2.24, 2.45) is 5.92 Å². The first-order chi connectivity index (χ1) is 6.11. The maximum absolute atomic E-state index is 11.8. The topological polar surface area (TPSA) is 32.9 Å². The number of ketones is 1. The average Bonchev–Trinajstić information content (AvgIpc) is 2.82. The summed E-state index contributed by atoms with van der Waals surface area (Å²) in [6, 6.07) is 0. The van der Waals surface area contributed by atoms with Crippen molar-refractivity contribution in [3.63, 3.8) is 0 Å². The third-order valence-corrected chi connectivity index (χ3v) is 3.65. The Hall–Kier alpha value is -0.320. The lowest BCUT2D eigenvalue weighted by atomic mass is 10.0. The number of aryl methyl sites for hydroxylation is 1. The zero-order valence-corrected chi connectivity index (χ0v) is 9.94. The highest BCUT2D eigenvalue weighted by molar-refractivity contribution is 14.1. The van der Waals surface area contributed by atoms with Crippen LogP contribution in [0, 0.1) is 23.5 Å². The lowest BCUT2D eigenvalue weighted by Gasteiger charge is -1.98. The van der Waals surface area contributed by atoms with Gasteiger partial charge in [0.1, 0.15) is 0 Å². The molecule has 0 spiro atoms. The molecule has 13 heavy (non-hydrogen) atoms. The van der Waals surface area contributed by atoms with Crippen molar-refractivity contribution in [3.05, 3.63) is 20.5 Å². The van der Waals surface area contributed by atoms with Crippen molar-refractivity contribution >= 4 is 28.4 Å². The van der Waals surface area contributed by atoms with Crippen LogP contribution in [0.15, 0.2) is 0 Å². The predicted octanol–water partition coefficient (Wildman–Crippen LogP) is 2.83. The zero-order chi connectivity index (χ0) is 9.59. The monoisotopic (exact) mass is 289 g/mol. The molecule has 1 aliphatic carbocycles. The van der Waals surface area contributed by atoms with E-state index in [9.17, 15) is 4.79 Å². The second kappa shape index (κ2) is 3.12. The minimum absolute atomic E-state index is 0.323. The fraction of sp³-hybridized carbons (Fsp3) is 0.500. The summed E-state index contributed by atoms with van der Waals surface area (Å²) in [5, 5.41) is 0. The summed E-state index contributed by atoms with van der Waals surface area (Å²) in [4.78, 5) is 15.0. The van der Waals surface area contributed by atoms with Gasteiger partial charge in [0.15, 0.2) is 5.78 Å². The molecule has 3 heteroatoms. The molecule has 1 aromatic rings. The smallest absolute Gasteiger partial charge is 0.168 e. The van der Waals surface area contributed by atoms with Crippen LogP contribution in [0.3, 0.4) is 0 Å². The van der Waals surface area contributed by atoms with E-state index in [1.807, 2.05) is 13.8 Å². The third-order valence-electron chi connectivity index (χ3n) is 2.57. The summed E-state index contributed by atoms with van der Waals surface area (Å²) in [5.74, 6) is 0.665. The van der Waals surface area contributed by atoms with E-state index >= 15 is 0 Å². The number of aromatic nitrogens is 1. The molecule has 1 aliphatic rings. The van der Waals surface area contributed by atoms with E-state index in [0.717, 1.165) is 33.4 Å². The van der Waals surface area contributed by atoms with Gasteiger partial charge < -0.3 is 4.98 Å². The van der Waals surface area contributed by atoms with Crippen molar-refractivity contribution in [2.45, 2.75) is 26.7 Å². The number of Topliss-reactive ketones (excluding diaryl/α,β-unsaturated/α-hetero) is 1. The van der Waals surface area contributed by atoms with Gasteiger partial charge in [-0.3, -0.25) is 4.79 Å². The van der Waals surface area contributed by atoms with E-state index in [-0.39, 0.29) is 0 Å². The first kappa shape index (κ1) is 9.24. The van der Waals surface area contributed by atoms with Crippen LogP contribution in [-0.2, 0) is 0 Å². The van der Waals surface area contributed by atoms with E-state index in [2.05, 4.69) is 27.6 Å². The van der Waals surface area contributed by atoms with Gasteiger partial charge in [-0.25, -0.2) is 0 Å². The summed E-state index contributed by atoms with van der Waals surface area (Å²) in [6.45, 7) is 3.99. The maximum atomic E-state index is 11.8. The van der Waals surface area contributed by atoms with Crippen molar-refractivity contribution in [1.29, 1.82) is 0 Å². The van der Waals surface area contributed by atoms with E-state index in [4.69, 9.17) is 0 Å². The Morgan fingerprint density at radius 1 is 1.46 bits per heavy atom. The second-order valence-electron chi connectivity index (χ2n) is 3.70. The van der Waals surface area contributed by atoms with Crippen LogP contribution in [0.25, 0.3) is 0 Å². The van der Waals surface area contributed by atoms with E-state index in [0.29, 0.717) is 11.7 Å². The minimum Gasteiger partial charge on any atom is -0.353 e.